The molecule has 3 aromatic rings. The van der Waals surface area contributed by atoms with Crippen LogP contribution in [0.1, 0.15) is 29.7 Å². The van der Waals surface area contributed by atoms with Crippen molar-refractivity contribution < 1.29 is 14.3 Å². The van der Waals surface area contributed by atoms with Crippen molar-refractivity contribution in [2.24, 2.45) is 0 Å². The first-order chi connectivity index (χ1) is 14.6. The molecule has 0 fully saturated rings. The molecule has 0 aliphatic heterocycles. The Labute approximate surface area is 180 Å². The van der Waals surface area contributed by atoms with Crippen molar-refractivity contribution >= 4 is 17.6 Å². The highest BCUT2D eigenvalue weighted by Gasteiger charge is 2.25. The molecule has 0 saturated carbocycles. The maximum atomic E-state index is 12.7. The molecule has 0 aliphatic rings. The van der Waals surface area contributed by atoms with Crippen molar-refractivity contribution in [3.8, 4) is 22.9 Å². The maximum Gasteiger partial charge on any atom is 0.315 e. The van der Waals surface area contributed by atoms with Crippen molar-refractivity contribution in [2.75, 3.05) is 13.7 Å². The number of carbonyl (C=O) groups is 1. The number of rotatable bonds is 7. The molecule has 0 amide bonds. The molecule has 0 aliphatic carbocycles. The van der Waals surface area contributed by atoms with Gasteiger partial charge in [0.05, 0.1) is 31.0 Å². The number of hydrogen-bond acceptors (Lipinski definition) is 5. The van der Waals surface area contributed by atoms with Crippen LogP contribution < -0.4 is 4.74 Å². The Morgan fingerprint density at radius 2 is 1.93 bits per heavy atom. The minimum absolute atomic E-state index is 0.285. The Balaban J connectivity index is 2.05. The average molecular weight is 421 g/mol. The monoisotopic (exact) mass is 420 g/mol. The summed E-state index contributed by atoms with van der Waals surface area (Å²) < 4.78 is 10.9. The number of benzene rings is 2. The molecule has 2 aromatic carbocycles. The van der Waals surface area contributed by atoms with Gasteiger partial charge in [-0.2, -0.15) is 5.26 Å². The minimum atomic E-state index is -0.579. The number of aromatic nitrogens is 1. The fourth-order valence-corrected chi connectivity index (χ4v) is 3.42. The van der Waals surface area contributed by atoms with E-state index in [2.05, 4.69) is 11.1 Å². The molecule has 6 heteroatoms. The first-order valence-corrected chi connectivity index (χ1v) is 9.89. The standard InChI is InChI=1S/C24H21ClN2O3/c1-3-30-24(28)20(11-16-7-5-4-6-8-16)22-13-23(29-2)21(15-27-22)19-12-18(25)10-9-17(19)14-26/h4-10,12-13,15,20H,3,11H2,1-2H3. The van der Waals surface area contributed by atoms with E-state index >= 15 is 0 Å². The highest BCUT2D eigenvalue weighted by molar-refractivity contribution is 6.31. The molecule has 1 heterocycles. The molecular formula is C24H21ClN2O3. The van der Waals surface area contributed by atoms with Gasteiger partial charge in [0.25, 0.3) is 0 Å². The molecule has 1 atom stereocenters. The lowest BCUT2D eigenvalue weighted by molar-refractivity contribution is -0.145. The van der Waals surface area contributed by atoms with Gasteiger partial charge in [-0.3, -0.25) is 9.78 Å². The van der Waals surface area contributed by atoms with E-state index in [9.17, 15) is 10.1 Å². The Bertz CT molecular complexity index is 1080. The van der Waals surface area contributed by atoms with Crippen molar-refractivity contribution in [1.82, 2.24) is 4.98 Å². The second-order valence-electron chi connectivity index (χ2n) is 6.61. The largest absolute Gasteiger partial charge is 0.496 e. The first kappa shape index (κ1) is 21.4. The summed E-state index contributed by atoms with van der Waals surface area (Å²) in [5.41, 5.74) is 3.25. The van der Waals surface area contributed by atoms with Crippen molar-refractivity contribution in [1.29, 1.82) is 5.26 Å². The van der Waals surface area contributed by atoms with E-state index in [1.54, 1.807) is 37.4 Å². The van der Waals surface area contributed by atoms with Crippen LogP contribution in [0, 0.1) is 11.3 Å². The molecule has 0 radical (unpaired) electrons. The number of nitrogens with zero attached hydrogens (tertiary/aromatic N) is 2. The topological polar surface area (TPSA) is 72.2 Å². The van der Waals surface area contributed by atoms with Gasteiger partial charge in [-0.25, -0.2) is 0 Å². The third kappa shape index (κ3) is 4.79. The molecule has 5 nitrogen and oxygen atoms in total. The van der Waals surface area contributed by atoms with E-state index in [1.165, 1.54) is 7.11 Å². The Hall–Kier alpha value is -3.36. The number of methoxy groups -OCH3 is 1. The zero-order valence-electron chi connectivity index (χ0n) is 16.8. The average Bonchev–Trinajstić information content (AvgIpc) is 2.78. The van der Waals surface area contributed by atoms with Crippen molar-refractivity contribution in [2.45, 2.75) is 19.3 Å². The summed E-state index contributed by atoms with van der Waals surface area (Å²) >= 11 is 6.14. The quantitative estimate of drug-likeness (QED) is 0.493. The lowest BCUT2D eigenvalue weighted by atomic mass is 9.94. The predicted octanol–water partition coefficient (Wildman–Crippen LogP) is 5.17. The lowest BCUT2D eigenvalue weighted by Gasteiger charge is -2.18. The van der Waals surface area contributed by atoms with Crippen LogP contribution in [0.15, 0.2) is 60.8 Å². The minimum Gasteiger partial charge on any atom is -0.496 e. The molecule has 1 unspecified atom stereocenters. The van der Waals surface area contributed by atoms with Crippen molar-refractivity contribution in [3.05, 3.63) is 82.6 Å². The van der Waals surface area contributed by atoms with Gasteiger partial charge in [-0.15, -0.1) is 0 Å². The Kier molecular flexibility index (Phi) is 7.05. The number of carbonyl (C=O) groups excluding carboxylic acids is 1. The van der Waals surface area contributed by atoms with E-state index in [4.69, 9.17) is 21.1 Å². The van der Waals surface area contributed by atoms with Gasteiger partial charge in [0.2, 0.25) is 0 Å². The summed E-state index contributed by atoms with van der Waals surface area (Å²) in [6.07, 6.45) is 2.06. The van der Waals surface area contributed by atoms with Gasteiger partial charge in [0.15, 0.2) is 0 Å². The van der Waals surface area contributed by atoms with Crippen LogP contribution in [-0.4, -0.2) is 24.7 Å². The third-order valence-corrected chi connectivity index (χ3v) is 4.95. The Morgan fingerprint density at radius 3 is 2.60 bits per heavy atom. The van der Waals surface area contributed by atoms with Gasteiger partial charge in [-0.05, 0) is 37.1 Å². The molecule has 0 spiro atoms. The van der Waals surface area contributed by atoms with Gasteiger partial charge in [0.1, 0.15) is 11.7 Å². The Morgan fingerprint density at radius 1 is 1.17 bits per heavy atom. The predicted molar refractivity (Wildman–Crippen MR) is 115 cm³/mol. The molecule has 0 N–H and O–H groups in total. The molecular weight excluding hydrogens is 400 g/mol. The van der Waals surface area contributed by atoms with Crippen LogP contribution >= 0.6 is 11.6 Å². The number of ether oxygens (including phenoxy) is 2. The van der Waals surface area contributed by atoms with Crippen LogP contribution in [0.25, 0.3) is 11.1 Å². The second kappa shape index (κ2) is 9.91. The molecule has 0 saturated heterocycles. The van der Waals surface area contributed by atoms with Crippen LogP contribution in [0.5, 0.6) is 5.75 Å². The van der Waals surface area contributed by atoms with Crippen LogP contribution in [0.3, 0.4) is 0 Å². The van der Waals surface area contributed by atoms with Gasteiger partial charge in [-0.1, -0.05) is 41.9 Å². The molecule has 1 aromatic heterocycles. The first-order valence-electron chi connectivity index (χ1n) is 9.51. The number of halogens is 1. The number of nitriles is 1. The summed E-state index contributed by atoms with van der Waals surface area (Å²) in [4.78, 5) is 17.2. The number of pyridine rings is 1. The lowest BCUT2D eigenvalue weighted by Crippen LogP contribution is -2.19. The smallest absolute Gasteiger partial charge is 0.315 e. The van der Waals surface area contributed by atoms with E-state index in [0.717, 1.165) is 5.56 Å². The highest BCUT2D eigenvalue weighted by atomic mass is 35.5. The highest BCUT2D eigenvalue weighted by Crippen LogP contribution is 2.35. The third-order valence-electron chi connectivity index (χ3n) is 4.71. The summed E-state index contributed by atoms with van der Waals surface area (Å²) in [5.74, 6) is -0.421. The fraction of sp³-hybridized carbons (Fsp3) is 0.208. The maximum absolute atomic E-state index is 12.7. The molecule has 152 valence electrons. The van der Waals surface area contributed by atoms with Crippen LogP contribution in [0.2, 0.25) is 5.02 Å². The summed E-state index contributed by atoms with van der Waals surface area (Å²) in [6, 6.07) is 18.6. The van der Waals surface area contributed by atoms with E-state index in [-0.39, 0.29) is 12.6 Å². The molecule has 30 heavy (non-hydrogen) atoms. The molecule has 0 bridgehead atoms. The van der Waals surface area contributed by atoms with Crippen molar-refractivity contribution in [3.63, 3.8) is 0 Å². The SMILES string of the molecule is CCOC(=O)C(Cc1ccccc1)c1cc(OC)c(-c2cc(Cl)ccc2C#N)cn1. The van der Waals surface area contributed by atoms with Gasteiger partial charge in [0, 0.05) is 28.4 Å². The van der Waals surface area contributed by atoms with Gasteiger partial charge < -0.3 is 9.47 Å². The zero-order valence-corrected chi connectivity index (χ0v) is 17.5. The van der Waals surface area contributed by atoms with E-state index in [0.29, 0.717) is 39.6 Å². The summed E-state index contributed by atoms with van der Waals surface area (Å²) in [7, 11) is 1.54. The summed E-state index contributed by atoms with van der Waals surface area (Å²) in [5, 5.41) is 9.96. The normalized spacial score (nSPS) is 11.4. The number of hydrogen-bond donors (Lipinski definition) is 0. The van der Waals surface area contributed by atoms with E-state index in [1.807, 2.05) is 30.3 Å². The van der Waals surface area contributed by atoms with Crippen LogP contribution in [-0.2, 0) is 16.0 Å². The summed E-state index contributed by atoms with van der Waals surface area (Å²) in [6.45, 7) is 2.06. The zero-order chi connectivity index (χ0) is 21.5. The number of esters is 1. The fourth-order valence-electron chi connectivity index (χ4n) is 3.25. The van der Waals surface area contributed by atoms with E-state index < -0.39 is 5.92 Å². The van der Waals surface area contributed by atoms with Gasteiger partial charge >= 0.3 is 5.97 Å². The van der Waals surface area contributed by atoms with Crippen LogP contribution in [0.4, 0.5) is 0 Å². The second-order valence-corrected chi connectivity index (χ2v) is 7.04. The molecule has 3 rings (SSSR count).